The molecule has 0 aliphatic carbocycles. The Hall–Kier alpha value is -0.820. The van der Waals surface area contributed by atoms with Gasteiger partial charge in [-0.25, -0.2) is 0 Å². The Bertz CT molecular complexity index is 307. The number of carbonyl (C=O) groups is 1. The fraction of sp³-hybridized carbons (Fsp3) is 0.364. The molecule has 0 aromatic heterocycles. The lowest BCUT2D eigenvalue weighted by Gasteiger charge is -2.08. The first kappa shape index (κ1) is 10.3. The third kappa shape index (κ3) is 2.85. The number of Topliss-reactive ketones (excluding diaryl/α,β-unsaturated/α-hetero) is 1. The van der Waals surface area contributed by atoms with Crippen molar-refractivity contribution in [2.75, 3.05) is 0 Å². The van der Waals surface area contributed by atoms with E-state index in [9.17, 15) is 4.79 Å². The van der Waals surface area contributed by atoms with Gasteiger partial charge in [-0.3, -0.25) is 4.79 Å². The van der Waals surface area contributed by atoms with E-state index < -0.39 is 0 Å². The highest BCUT2D eigenvalue weighted by molar-refractivity contribution is 6.31. The van der Waals surface area contributed by atoms with Gasteiger partial charge in [0.15, 0.2) is 0 Å². The summed E-state index contributed by atoms with van der Waals surface area (Å²) >= 11 is 5.96. The van der Waals surface area contributed by atoms with Crippen LogP contribution in [0.2, 0.25) is 5.02 Å². The Morgan fingerprint density at radius 3 is 2.62 bits per heavy atom. The Morgan fingerprint density at radius 2 is 2.08 bits per heavy atom. The van der Waals surface area contributed by atoms with Crippen molar-refractivity contribution < 1.29 is 4.79 Å². The zero-order valence-electron chi connectivity index (χ0n) is 7.88. The van der Waals surface area contributed by atoms with Gasteiger partial charge in [-0.05, 0) is 25.0 Å². The molecule has 0 amide bonds. The average Bonchev–Trinajstić information content (AvgIpc) is 2.08. The van der Waals surface area contributed by atoms with Crippen LogP contribution in [0.5, 0.6) is 0 Å². The third-order valence-corrected chi connectivity index (χ3v) is 2.55. The van der Waals surface area contributed by atoms with Crippen molar-refractivity contribution in [1.82, 2.24) is 0 Å². The molecule has 1 unspecified atom stereocenters. The topological polar surface area (TPSA) is 17.1 Å². The zero-order chi connectivity index (χ0) is 9.84. The summed E-state index contributed by atoms with van der Waals surface area (Å²) in [6, 6.07) is 7.64. The second-order valence-corrected chi connectivity index (χ2v) is 3.71. The van der Waals surface area contributed by atoms with Gasteiger partial charge < -0.3 is 0 Å². The fourth-order valence-corrected chi connectivity index (χ4v) is 1.35. The molecular formula is C11H13ClO. The van der Waals surface area contributed by atoms with Gasteiger partial charge in [0.2, 0.25) is 0 Å². The van der Waals surface area contributed by atoms with Crippen LogP contribution in [-0.4, -0.2) is 5.78 Å². The van der Waals surface area contributed by atoms with E-state index in [1.807, 2.05) is 31.2 Å². The maximum Gasteiger partial charge on any atom is 0.132 e. The molecule has 1 aromatic rings. The van der Waals surface area contributed by atoms with Gasteiger partial charge in [-0.1, -0.05) is 36.7 Å². The van der Waals surface area contributed by atoms with E-state index in [2.05, 4.69) is 0 Å². The van der Waals surface area contributed by atoms with Crippen LogP contribution in [0.15, 0.2) is 24.3 Å². The maximum atomic E-state index is 11.0. The highest BCUT2D eigenvalue weighted by Gasteiger charge is 2.09. The second-order valence-electron chi connectivity index (χ2n) is 3.31. The van der Waals surface area contributed by atoms with Crippen LogP contribution < -0.4 is 0 Å². The minimum atomic E-state index is 0.0555. The summed E-state index contributed by atoms with van der Waals surface area (Å²) in [5.74, 6) is 0.264. The summed E-state index contributed by atoms with van der Waals surface area (Å²) < 4.78 is 0. The van der Waals surface area contributed by atoms with E-state index in [0.717, 1.165) is 17.0 Å². The lowest BCUT2D eigenvalue weighted by molar-refractivity contribution is -0.120. The van der Waals surface area contributed by atoms with Crippen LogP contribution in [0.1, 0.15) is 19.4 Å². The van der Waals surface area contributed by atoms with Crippen LogP contribution >= 0.6 is 11.6 Å². The molecule has 0 radical (unpaired) electrons. The molecule has 0 aliphatic heterocycles. The molecule has 0 saturated heterocycles. The molecule has 2 heteroatoms. The first-order valence-corrected chi connectivity index (χ1v) is 4.73. The molecular weight excluding hydrogens is 184 g/mol. The standard InChI is InChI=1S/C11H13ClO/c1-8(9(2)13)7-10-5-3-4-6-11(10)12/h3-6,8H,7H2,1-2H3. The van der Waals surface area contributed by atoms with Crippen LogP contribution in [-0.2, 0) is 11.2 Å². The van der Waals surface area contributed by atoms with Crippen molar-refractivity contribution in [1.29, 1.82) is 0 Å². The molecule has 0 heterocycles. The summed E-state index contributed by atoms with van der Waals surface area (Å²) in [4.78, 5) is 11.0. The SMILES string of the molecule is CC(=O)C(C)Cc1ccccc1Cl. The van der Waals surface area contributed by atoms with Crippen LogP contribution in [0, 0.1) is 5.92 Å². The van der Waals surface area contributed by atoms with Crippen molar-refractivity contribution in [2.45, 2.75) is 20.3 Å². The quantitative estimate of drug-likeness (QED) is 0.726. The average molecular weight is 197 g/mol. The van der Waals surface area contributed by atoms with E-state index in [0.29, 0.717) is 0 Å². The molecule has 0 N–H and O–H groups in total. The van der Waals surface area contributed by atoms with Gasteiger partial charge in [-0.15, -0.1) is 0 Å². The van der Waals surface area contributed by atoms with E-state index >= 15 is 0 Å². The first-order valence-electron chi connectivity index (χ1n) is 4.35. The molecule has 0 aliphatic rings. The molecule has 13 heavy (non-hydrogen) atoms. The number of hydrogen-bond acceptors (Lipinski definition) is 1. The monoisotopic (exact) mass is 196 g/mol. The summed E-state index contributed by atoms with van der Waals surface area (Å²) in [5, 5.41) is 0.746. The largest absolute Gasteiger partial charge is 0.300 e. The molecule has 0 fully saturated rings. The van der Waals surface area contributed by atoms with Crippen molar-refractivity contribution in [3.05, 3.63) is 34.9 Å². The molecule has 0 saturated carbocycles. The van der Waals surface area contributed by atoms with Gasteiger partial charge in [-0.2, -0.15) is 0 Å². The molecule has 70 valence electrons. The molecule has 1 atom stereocenters. The number of hydrogen-bond donors (Lipinski definition) is 0. The fourth-order valence-electron chi connectivity index (χ4n) is 1.14. The highest BCUT2D eigenvalue weighted by atomic mass is 35.5. The Balaban J connectivity index is 2.74. The van der Waals surface area contributed by atoms with E-state index in [-0.39, 0.29) is 11.7 Å². The van der Waals surface area contributed by atoms with Gasteiger partial charge in [0.05, 0.1) is 0 Å². The van der Waals surface area contributed by atoms with Crippen molar-refractivity contribution in [3.8, 4) is 0 Å². The lowest BCUT2D eigenvalue weighted by Crippen LogP contribution is -2.09. The summed E-state index contributed by atoms with van der Waals surface area (Å²) in [6.07, 6.45) is 0.731. The normalized spacial score (nSPS) is 12.5. The van der Waals surface area contributed by atoms with Crippen molar-refractivity contribution in [3.63, 3.8) is 0 Å². The summed E-state index contributed by atoms with van der Waals surface area (Å²) in [7, 11) is 0. The molecule has 1 aromatic carbocycles. The predicted octanol–water partition coefficient (Wildman–Crippen LogP) is 3.11. The van der Waals surface area contributed by atoms with Crippen molar-refractivity contribution in [2.24, 2.45) is 5.92 Å². The van der Waals surface area contributed by atoms with Crippen LogP contribution in [0.3, 0.4) is 0 Å². The number of carbonyl (C=O) groups excluding carboxylic acids is 1. The minimum absolute atomic E-state index is 0.0555. The predicted molar refractivity (Wildman–Crippen MR) is 55.0 cm³/mol. The van der Waals surface area contributed by atoms with E-state index in [1.54, 1.807) is 6.92 Å². The Labute approximate surface area is 83.7 Å². The highest BCUT2D eigenvalue weighted by Crippen LogP contribution is 2.18. The van der Waals surface area contributed by atoms with Gasteiger partial charge in [0.1, 0.15) is 5.78 Å². The summed E-state index contributed by atoms with van der Waals surface area (Å²) in [5.41, 5.74) is 1.05. The number of benzene rings is 1. The lowest BCUT2D eigenvalue weighted by atomic mass is 9.98. The number of halogens is 1. The Morgan fingerprint density at radius 1 is 1.46 bits per heavy atom. The second kappa shape index (κ2) is 4.43. The molecule has 1 rings (SSSR count). The van der Waals surface area contributed by atoms with Gasteiger partial charge in [0, 0.05) is 10.9 Å². The summed E-state index contributed by atoms with van der Waals surface area (Å²) in [6.45, 7) is 3.53. The van der Waals surface area contributed by atoms with Crippen molar-refractivity contribution >= 4 is 17.4 Å². The number of ketones is 1. The number of rotatable bonds is 3. The molecule has 0 bridgehead atoms. The minimum Gasteiger partial charge on any atom is -0.300 e. The molecule has 0 spiro atoms. The Kier molecular flexibility index (Phi) is 3.49. The van der Waals surface area contributed by atoms with Gasteiger partial charge >= 0.3 is 0 Å². The smallest absolute Gasteiger partial charge is 0.132 e. The zero-order valence-corrected chi connectivity index (χ0v) is 8.64. The first-order chi connectivity index (χ1) is 6.11. The third-order valence-electron chi connectivity index (χ3n) is 2.18. The van der Waals surface area contributed by atoms with E-state index in [4.69, 9.17) is 11.6 Å². The van der Waals surface area contributed by atoms with Crippen LogP contribution in [0.25, 0.3) is 0 Å². The maximum absolute atomic E-state index is 11.0. The van der Waals surface area contributed by atoms with Gasteiger partial charge in [0.25, 0.3) is 0 Å². The van der Waals surface area contributed by atoms with E-state index in [1.165, 1.54) is 0 Å². The van der Waals surface area contributed by atoms with Crippen LogP contribution in [0.4, 0.5) is 0 Å². The molecule has 1 nitrogen and oxygen atoms in total.